The number of aryl methyl sites for hydroxylation is 1. The van der Waals surface area contributed by atoms with E-state index in [1.165, 1.54) is 5.56 Å². The molecule has 6 nitrogen and oxygen atoms in total. The van der Waals surface area contributed by atoms with Crippen LogP contribution in [0.15, 0.2) is 42.7 Å². The van der Waals surface area contributed by atoms with Gasteiger partial charge in [0.2, 0.25) is 0 Å². The fourth-order valence-corrected chi connectivity index (χ4v) is 3.91. The number of hydrogen-bond donors (Lipinski definition) is 0. The topological polar surface area (TPSA) is 50.6 Å². The van der Waals surface area contributed by atoms with Gasteiger partial charge in [0.25, 0.3) is 5.91 Å². The smallest absolute Gasteiger partial charge is 0.257 e. The molecular formula is C20H26N4O2. The van der Waals surface area contributed by atoms with Crippen LogP contribution in [0.1, 0.15) is 28.8 Å². The van der Waals surface area contributed by atoms with Gasteiger partial charge in [-0.3, -0.25) is 14.4 Å². The molecule has 2 saturated heterocycles. The summed E-state index contributed by atoms with van der Waals surface area (Å²) in [7, 11) is 1.84. The predicted molar refractivity (Wildman–Crippen MR) is 98.7 cm³/mol. The maximum Gasteiger partial charge on any atom is 0.257 e. The molecule has 0 unspecified atom stereocenters. The first-order valence-electron chi connectivity index (χ1n) is 9.36. The van der Waals surface area contributed by atoms with Crippen LogP contribution in [0.4, 0.5) is 0 Å². The van der Waals surface area contributed by atoms with Crippen LogP contribution in [0, 0.1) is 0 Å². The number of likely N-dealkylation sites (tertiary alicyclic amines) is 1. The maximum atomic E-state index is 12.6. The molecule has 0 saturated carbocycles. The summed E-state index contributed by atoms with van der Waals surface area (Å²) in [4.78, 5) is 17.1. The summed E-state index contributed by atoms with van der Waals surface area (Å²) < 4.78 is 7.23. The van der Waals surface area contributed by atoms with Gasteiger partial charge in [0.1, 0.15) is 0 Å². The van der Waals surface area contributed by atoms with E-state index in [0.29, 0.717) is 17.6 Å². The number of carbonyl (C=O) groups is 1. The van der Waals surface area contributed by atoms with Crippen molar-refractivity contribution >= 4 is 5.91 Å². The number of nitrogens with zero attached hydrogens (tertiary/aromatic N) is 4. The number of aromatic nitrogens is 2. The van der Waals surface area contributed by atoms with Gasteiger partial charge in [0, 0.05) is 58.2 Å². The van der Waals surface area contributed by atoms with Gasteiger partial charge in [0.15, 0.2) is 0 Å². The van der Waals surface area contributed by atoms with E-state index in [4.69, 9.17) is 4.74 Å². The van der Waals surface area contributed by atoms with Gasteiger partial charge in [-0.25, -0.2) is 0 Å². The van der Waals surface area contributed by atoms with Crippen molar-refractivity contribution in [3.63, 3.8) is 0 Å². The second-order valence-corrected chi connectivity index (χ2v) is 7.27. The zero-order valence-electron chi connectivity index (χ0n) is 15.3. The first-order valence-corrected chi connectivity index (χ1v) is 9.36. The van der Waals surface area contributed by atoms with Crippen molar-refractivity contribution in [2.45, 2.75) is 31.5 Å². The van der Waals surface area contributed by atoms with Crippen molar-refractivity contribution in [1.29, 1.82) is 0 Å². The minimum Gasteiger partial charge on any atom is -0.381 e. The molecular weight excluding hydrogens is 328 g/mol. The predicted octanol–water partition coefficient (Wildman–Crippen LogP) is 1.93. The Labute approximate surface area is 154 Å². The zero-order valence-corrected chi connectivity index (χ0v) is 15.3. The molecule has 2 aromatic rings. The second kappa shape index (κ2) is 7.60. The Morgan fingerprint density at radius 2 is 1.92 bits per heavy atom. The Kier molecular flexibility index (Phi) is 5.04. The molecule has 1 amide bonds. The molecule has 2 fully saturated rings. The minimum atomic E-state index is 0.0842. The van der Waals surface area contributed by atoms with Gasteiger partial charge < -0.3 is 9.64 Å². The fraction of sp³-hybridized carbons (Fsp3) is 0.500. The molecule has 2 aliphatic rings. The van der Waals surface area contributed by atoms with Crippen molar-refractivity contribution < 1.29 is 9.53 Å². The molecule has 2 aliphatic heterocycles. The number of benzene rings is 1. The minimum absolute atomic E-state index is 0.0842. The molecule has 0 radical (unpaired) electrons. The standard InChI is InChI=1S/C20H26N4O2/c1-22-13-17(11-21-22)20(25)23-14-19(15-23)24(18-7-9-26-10-8-18)12-16-5-3-2-4-6-16/h2-6,11,13,18-19H,7-10,12,14-15H2,1H3. The van der Waals surface area contributed by atoms with E-state index < -0.39 is 0 Å². The summed E-state index contributed by atoms with van der Waals surface area (Å²) in [6.45, 7) is 4.18. The van der Waals surface area contributed by atoms with Crippen molar-refractivity contribution in [3.8, 4) is 0 Å². The highest BCUT2D eigenvalue weighted by molar-refractivity contribution is 5.94. The normalized spacial score (nSPS) is 18.9. The quantitative estimate of drug-likeness (QED) is 0.823. The third kappa shape index (κ3) is 3.66. The molecule has 0 atom stereocenters. The van der Waals surface area contributed by atoms with Gasteiger partial charge in [-0.1, -0.05) is 30.3 Å². The molecule has 0 spiro atoms. The molecule has 1 aromatic carbocycles. The molecule has 0 aliphatic carbocycles. The van der Waals surface area contributed by atoms with Crippen molar-refractivity contribution in [1.82, 2.24) is 19.6 Å². The summed E-state index contributed by atoms with van der Waals surface area (Å²) in [5.41, 5.74) is 2.00. The number of amides is 1. The summed E-state index contributed by atoms with van der Waals surface area (Å²) in [6, 6.07) is 11.6. The van der Waals surface area contributed by atoms with Crippen LogP contribution in [0.2, 0.25) is 0 Å². The summed E-state index contributed by atoms with van der Waals surface area (Å²) in [6.07, 6.45) is 5.57. The molecule has 0 N–H and O–H groups in total. The third-order valence-corrected chi connectivity index (χ3v) is 5.44. The highest BCUT2D eigenvalue weighted by Gasteiger charge is 2.38. The maximum absolute atomic E-state index is 12.6. The van der Waals surface area contributed by atoms with Crippen LogP contribution >= 0.6 is 0 Å². The molecule has 3 heterocycles. The lowest BCUT2D eigenvalue weighted by Gasteiger charge is -2.49. The van der Waals surface area contributed by atoms with E-state index in [1.54, 1.807) is 17.1 Å². The highest BCUT2D eigenvalue weighted by Crippen LogP contribution is 2.26. The van der Waals surface area contributed by atoms with E-state index in [-0.39, 0.29) is 5.91 Å². The van der Waals surface area contributed by atoms with Crippen LogP contribution in [0.25, 0.3) is 0 Å². The van der Waals surface area contributed by atoms with Gasteiger partial charge in [-0.05, 0) is 18.4 Å². The third-order valence-electron chi connectivity index (χ3n) is 5.44. The fourth-order valence-electron chi connectivity index (χ4n) is 3.91. The number of ether oxygens (including phenoxy) is 1. The molecule has 0 bridgehead atoms. The molecule has 1 aromatic heterocycles. The molecule has 4 rings (SSSR count). The Bertz CT molecular complexity index is 733. The van der Waals surface area contributed by atoms with Crippen molar-refractivity contribution in [2.75, 3.05) is 26.3 Å². The SMILES string of the molecule is Cn1cc(C(=O)N2CC(N(Cc3ccccc3)C3CCOCC3)C2)cn1. The Hall–Kier alpha value is -2.18. The van der Waals surface area contributed by atoms with E-state index in [9.17, 15) is 4.79 Å². The van der Waals surface area contributed by atoms with Crippen molar-refractivity contribution in [2.24, 2.45) is 7.05 Å². The molecule has 26 heavy (non-hydrogen) atoms. The van der Waals surface area contributed by atoms with Gasteiger partial charge in [-0.15, -0.1) is 0 Å². The summed E-state index contributed by atoms with van der Waals surface area (Å²) in [5.74, 6) is 0.0842. The molecule has 6 heteroatoms. The van der Waals surface area contributed by atoms with Gasteiger partial charge >= 0.3 is 0 Å². The first-order chi connectivity index (χ1) is 12.7. The number of rotatable bonds is 5. The highest BCUT2D eigenvalue weighted by atomic mass is 16.5. The first kappa shape index (κ1) is 17.2. The average Bonchev–Trinajstić information content (AvgIpc) is 3.07. The lowest BCUT2D eigenvalue weighted by molar-refractivity contribution is -0.0289. The van der Waals surface area contributed by atoms with Gasteiger partial charge in [-0.2, -0.15) is 5.10 Å². The van der Waals surface area contributed by atoms with Crippen LogP contribution < -0.4 is 0 Å². The summed E-state index contributed by atoms with van der Waals surface area (Å²) >= 11 is 0. The van der Waals surface area contributed by atoms with Crippen LogP contribution in [-0.4, -0.2) is 63.9 Å². The van der Waals surface area contributed by atoms with Gasteiger partial charge in [0.05, 0.1) is 11.8 Å². The Morgan fingerprint density at radius 3 is 2.58 bits per heavy atom. The Balaban J connectivity index is 1.42. The zero-order chi connectivity index (χ0) is 17.9. The number of hydrogen-bond acceptors (Lipinski definition) is 4. The van der Waals surface area contributed by atoms with Crippen LogP contribution in [-0.2, 0) is 18.3 Å². The van der Waals surface area contributed by atoms with E-state index in [1.807, 2.05) is 11.9 Å². The van der Waals surface area contributed by atoms with Crippen LogP contribution in [0.3, 0.4) is 0 Å². The largest absolute Gasteiger partial charge is 0.381 e. The van der Waals surface area contributed by atoms with E-state index in [0.717, 1.165) is 45.7 Å². The molecule has 138 valence electrons. The van der Waals surface area contributed by atoms with E-state index in [2.05, 4.69) is 40.3 Å². The Morgan fingerprint density at radius 1 is 1.19 bits per heavy atom. The van der Waals surface area contributed by atoms with Crippen molar-refractivity contribution in [3.05, 3.63) is 53.9 Å². The number of carbonyl (C=O) groups excluding carboxylic acids is 1. The lowest BCUT2D eigenvalue weighted by Crippen LogP contribution is -2.63. The van der Waals surface area contributed by atoms with E-state index >= 15 is 0 Å². The second-order valence-electron chi connectivity index (χ2n) is 7.27. The average molecular weight is 354 g/mol. The summed E-state index contributed by atoms with van der Waals surface area (Å²) in [5, 5.41) is 4.11. The lowest BCUT2D eigenvalue weighted by atomic mass is 9.98. The van der Waals surface area contributed by atoms with Crippen LogP contribution in [0.5, 0.6) is 0 Å². The monoisotopic (exact) mass is 354 g/mol.